The summed E-state index contributed by atoms with van der Waals surface area (Å²) < 4.78 is 97.1. The number of benzene rings is 1. The maximum absolute atomic E-state index is 15.3. The first-order valence-corrected chi connectivity index (χ1v) is 13.4. The zero-order valence-corrected chi connectivity index (χ0v) is 23.2. The van der Waals surface area contributed by atoms with Gasteiger partial charge in [0.1, 0.15) is 22.8 Å². The molecule has 1 aliphatic rings. The van der Waals surface area contributed by atoms with E-state index in [1.54, 1.807) is 12.0 Å². The van der Waals surface area contributed by atoms with Crippen molar-refractivity contribution in [2.24, 2.45) is 5.92 Å². The Morgan fingerprint density at radius 3 is 2.51 bits per heavy atom. The first-order chi connectivity index (χ1) is 21.2. The van der Waals surface area contributed by atoms with Crippen LogP contribution in [0.3, 0.4) is 0 Å². The second kappa shape index (κ2) is 11.8. The second-order valence-corrected chi connectivity index (χ2v) is 10.4. The van der Waals surface area contributed by atoms with Gasteiger partial charge in [-0.3, -0.25) is 14.2 Å². The number of aromatic amines is 1. The van der Waals surface area contributed by atoms with Gasteiger partial charge in [0.25, 0.3) is 11.1 Å². The van der Waals surface area contributed by atoms with Gasteiger partial charge in [0.2, 0.25) is 0 Å². The van der Waals surface area contributed by atoms with E-state index in [1.165, 1.54) is 15.8 Å². The standard InChI is InChI=1S/C27H22F7N9O2/c1-13(39-20-9-38-41-24(44)21(20)27(32,33)34)3-2-4-42-12-37-19-6-15(18(28)5-16(19)25(42)45)22-36-8-17(26(29,30)31)23(40-22)43-10-14(7-35)11-43/h5-6,8-9,12-14H,2-4,10-11H2,1H3,(H2,39,41,44)/t13-/m0/s1. The van der Waals surface area contributed by atoms with E-state index < -0.39 is 63.9 Å². The fourth-order valence-corrected chi connectivity index (χ4v) is 4.88. The van der Waals surface area contributed by atoms with Crippen LogP contribution in [-0.2, 0) is 18.9 Å². The van der Waals surface area contributed by atoms with Gasteiger partial charge in [-0.15, -0.1) is 0 Å². The van der Waals surface area contributed by atoms with Crippen molar-refractivity contribution in [3.63, 3.8) is 0 Å². The lowest BCUT2D eigenvalue weighted by atomic mass is 10.0. The number of halogens is 7. The van der Waals surface area contributed by atoms with E-state index in [1.807, 2.05) is 6.07 Å². The lowest BCUT2D eigenvalue weighted by Crippen LogP contribution is -2.47. The molecule has 236 valence electrons. The van der Waals surface area contributed by atoms with E-state index in [0.717, 1.165) is 18.3 Å². The number of fused-ring (bicyclic) bond motifs is 1. The van der Waals surface area contributed by atoms with Gasteiger partial charge in [-0.25, -0.2) is 24.4 Å². The van der Waals surface area contributed by atoms with Crippen LogP contribution in [-0.4, -0.2) is 48.8 Å². The maximum atomic E-state index is 15.3. The number of alkyl halides is 6. The molecule has 2 N–H and O–H groups in total. The van der Waals surface area contributed by atoms with Crippen LogP contribution in [0.15, 0.2) is 40.4 Å². The molecule has 1 aliphatic heterocycles. The molecule has 1 fully saturated rings. The molecule has 45 heavy (non-hydrogen) atoms. The molecule has 1 saturated heterocycles. The van der Waals surface area contributed by atoms with Crippen LogP contribution in [0.4, 0.5) is 42.2 Å². The molecule has 4 heterocycles. The van der Waals surface area contributed by atoms with Crippen molar-refractivity contribution >= 4 is 22.4 Å². The summed E-state index contributed by atoms with van der Waals surface area (Å²) in [6, 6.07) is 3.43. The van der Waals surface area contributed by atoms with Gasteiger partial charge in [-0.2, -0.15) is 36.7 Å². The molecule has 0 bridgehead atoms. The Morgan fingerprint density at radius 2 is 1.84 bits per heavy atom. The summed E-state index contributed by atoms with van der Waals surface area (Å²) in [4.78, 5) is 37.8. The third-order valence-electron chi connectivity index (χ3n) is 7.17. The molecule has 1 aromatic carbocycles. The zero-order valence-electron chi connectivity index (χ0n) is 23.2. The molecule has 0 aliphatic carbocycles. The molecule has 0 saturated carbocycles. The Hall–Kier alpha value is -5.08. The average Bonchev–Trinajstić information content (AvgIpc) is 2.92. The molecule has 4 aromatic rings. The molecule has 0 radical (unpaired) electrons. The van der Waals surface area contributed by atoms with Crippen LogP contribution in [0.1, 0.15) is 30.9 Å². The van der Waals surface area contributed by atoms with Crippen molar-refractivity contribution < 1.29 is 30.7 Å². The molecule has 0 unspecified atom stereocenters. The van der Waals surface area contributed by atoms with Gasteiger partial charge >= 0.3 is 12.4 Å². The van der Waals surface area contributed by atoms with Crippen molar-refractivity contribution in [1.29, 1.82) is 5.26 Å². The summed E-state index contributed by atoms with van der Waals surface area (Å²) in [5.74, 6) is -2.31. The van der Waals surface area contributed by atoms with Gasteiger partial charge < -0.3 is 10.2 Å². The number of hydrogen-bond acceptors (Lipinski definition) is 9. The topological polar surface area (TPSA) is 145 Å². The molecule has 18 heteroatoms. The highest BCUT2D eigenvalue weighted by atomic mass is 19.4. The lowest BCUT2D eigenvalue weighted by Gasteiger charge is -2.37. The Labute approximate surface area is 248 Å². The van der Waals surface area contributed by atoms with Crippen LogP contribution in [0, 0.1) is 23.1 Å². The summed E-state index contributed by atoms with van der Waals surface area (Å²) in [7, 11) is 0. The molecule has 1 atom stereocenters. The Morgan fingerprint density at radius 1 is 1.11 bits per heavy atom. The second-order valence-electron chi connectivity index (χ2n) is 10.4. The van der Waals surface area contributed by atoms with Gasteiger partial charge in [0.05, 0.1) is 46.7 Å². The third kappa shape index (κ3) is 6.42. The van der Waals surface area contributed by atoms with E-state index in [4.69, 9.17) is 5.26 Å². The Balaban J connectivity index is 1.34. The highest BCUT2D eigenvalue weighted by molar-refractivity contribution is 5.82. The van der Waals surface area contributed by atoms with Crippen molar-refractivity contribution in [1.82, 2.24) is 29.7 Å². The minimum absolute atomic E-state index is 0.0179. The fraction of sp³-hybridized carbons (Fsp3) is 0.370. The monoisotopic (exact) mass is 637 g/mol. The van der Waals surface area contributed by atoms with E-state index in [0.29, 0.717) is 6.20 Å². The zero-order chi connectivity index (χ0) is 32.7. The van der Waals surface area contributed by atoms with Crippen LogP contribution >= 0.6 is 0 Å². The summed E-state index contributed by atoms with van der Waals surface area (Å²) in [5.41, 5.74) is -5.30. The molecular formula is C27H22F7N9O2. The van der Waals surface area contributed by atoms with E-state index in [9.17, 15) is 35.9 Å². The van der Waals surface area contributed by atoms with Crippen LogP contribution in [0.2, 0.25) is 0 Å². The van der Waals surface area contributed by atoms with E-state index in [2.05, 4.69) is 25.4 Å². The molecule has 0 amide bonds. The Bertz CT molecular complexity index is 1910. The highest BCUT2D eigenvalue weighted by Crippen LogP contribution is 2.38. The number of nitriles is 1. The van der Waals surface area contributed by atoms with Crippen molar-refractivity contribution in [3.8, 4) is 17.5 Å². The SMILES string of the molecule is C[C@@H](CCCn1cnc2cc(-c3ncc(C(F)(F)F)c(N4CC(C#N)C4)n3)c(F)cc2c1=O)Nc1cn[nH]c(=O)c1C(F)(F)F. The minimum Gasteiger partial charge on any atom is -0.381 e. The van der Waals surface area contributed by atoms with Crippen LogP contribution in [0.25, 0.3) is 22.3 Å². The molecule has 0 spiro atoms. The van der Waals surface area contributed by atoms with Crippen molar-refractivity contribution in [3.05, 3.63) is 68.5 Å². The predicted molar refractivity (Wildman–Crippen MR) is 145 cm³/mol. The summed E-state index contributed by atoms with van der Waals surface area (Å²) in [5, 5.41) is 16.6. The predicted octanol–water partition coefficient (Wildman–Crippen LogP) is 4.35. The summed E-state index contributed by atoms with van der Waals surface area (Å²) >= 11 is 0. The van der Waals surface area contributed by atoms with E-state index >= 15 is 4.39 Å². The van der Waals surface area contributed by atoms with E-state index in [-0.39, 0.29) is 54.8 Å². The maximum Gasteiger partial charge on any atom is 0.423 e. The smallest absolute Gasteiger partial charge is 0.381 e. The first-order valence-electron chi connectivity index (χ1n) is 13.4. The molecule has 11 nitrogen and oxygen atoms in total. The quantitative estimate of drug-likeness (QED) is 0.269. The van der Waals surface area contributed by atoms with Gasteiger partial charge in [-0.05, 0) is 31.9 Å². The third-order valence-corrected chi connectivity index (χ3v) is 7.17. The van der Waals surface area contributed by atoms with Crippen LogP contribution < -0.4 is 21.3 Å². The number of aryl methyl sites for hydroxylation is 1. The number of hydrogen-bond donors (Lipinski definition) is 2. The fourth-order valence-electron chi connectivity index (χ4n) is 4.88. The first kappa shape index (κ1) is 31.3. The highest BCUT2D eigenvalue weighted by Gasteiger charge is 2.40. The van der Waals surface area contributed by atoms with Gasteiger partial charge in [0.15, 0.2) is 5.82 Å². The number of anilines is 2. The number of nitrogens with zero attached hydrogens (tertiary/aromatic N) is 7. The number of aromatic nitrogens is 6. The number of rotatable bonds is 8. The van der Waals surface area contributed by atoms with Crippen molar-refractivity contribution in [2.45, 2.75) is 44.7 Å². The average molecular weight is 638 g/mol. The molecule has 5 rings (SSSR count). The normalized spacial score (nSPS) is 14.7. The minimum atomic E-state index is -4.91. The number of nitrogens with one attached hydrogen (secondary N) is 2. The van der Waals surface area contributed by atoms with Gasteiger partial charge in [-0.1, -0.05) is 0 Å². The largest absolute Gasteiger partial charge is 0.423 e. The van der Waals surface area contributed by atoms with Crippen molar-refractivity contribution in [2.75, 3.05) is 23.3 Å². The summed E-state index contributed by atoms with van der Waals surface area (Å²) in [6.07, 6.45) is -6.57. The summed E-state index contributed by atoms with van der Waals surface area (Å²) in [6.45, 7) is 1.69. The number of H-pyrrole nitrogens is 1. The molecule has 3 aromatic heterocycles. The van der Waals surface area contributed by atoms with Crippen LogP contribution in [0.5, 0.6) is 0 Å². The molecular weight excluding hydrogens is 615 g/mol. The lowest BCUT2D eigenvalue weighted by molar-refractivity contribution is -0.138. The van der Waals surface area contributed by atoms with Gasteiger partial charge in [0, 0.05) is 31.9 Å². The Kier molecular flexibility index (Phi) is 8.21.